The Labute approximate surface area is 110 Å². The molecule has 2 rings (SSSR count). The second-order valence-electron chi connectivity index (χ2n) is 4.57. The lowest BCUT2D eigenvalue weighted by Crippen LogP contribution is -2.47. The quantitative estimate of drug-likeness (QED) is 0.875. The lowest BCUT2D eigenvalue weighted by molar-refractivity contribution is -0.146. The molecule has 0 unspecified atom stereocenters. The molecule has 96 valence electrons. The second-order valence-corrected chi connectivity index (χ2v) is 5.01. The fourth-order valence-corrected chi connectivity index (χ4v) is 2.13. The number of benzene rings is 1. The number of hydrogen-bond donors (Lipinski definition) is 2. The van der Waals surface area contributed by atoms with Gasteiger partial charge in [0.05, 0.1) is 12.3 Å². The minimum absolute atomic E-state index is 0.00546. The molecule has 0 heterocycles. The summed E-state index contributed by atoms with van der Waals surface area (Å²) in [4.78, 5) is 22.3. The van der Waals surface area contributed by atoms with Crippen LogP contribution in [0, 0.1) is 5.92 Å². The summed E-state index contributed by atoms with van der Waals surface area (Å²) in [5.74, 6) is -1.16. The van der Waals surface area contributed by atoms with Crippen LogP contribution < -0.4 is 5.32 Å². The number of nitrogens with one attached hydrogen (secondary N) is 1. The number of aliphatic carboxylic acids is 1. The molecule has 0 spiro atoms. The van der Waals surface area contributed by atoms with Gasteiger partial charge in [-0.25, -0.2) is 0 Å². The zero-order valence-electron chi connectivity index (χ0n) is 9.73. The highest BCUT2D eigenvalue weighted by molar-refractivity contribution is 6.30. The molecule has 1 saturated carbocycles. The largest absolute Gasteiger partial charge is 0.481 e. The number of amides is 1. The van der Waals surface area contributed by atoms with Crippen molar-refractivity contribution in [2.24, 2.45) is 5.92 Å². The van der Waals surface area contributed by atoms with E-state index in [1.54, 1.807) is 12.1 Å². The van der Waals surface area contributed by atoms with Gasteiger partial charge in [-0.2, -0.15) is 0 Å². The first kappa shape index (κ1) is 12.9. The average Bonchev–Trinajstić information content (AvgIpc) is 2.25. The topological polar surface area (TPSA) is 66.4 Å². The van der Waals surface area contributed by atoms with Crippen LogP contribution in [-0.2, 0) is 16.0 Å². The molecule has 1 aliphatic rings. The SMILES string of the molecule is O=C(Cc1ccc(Cl)cc1)NC1CC(C(=O)O)C1. The van der Waals surface area contributed by atoms with Gasteiger partial charge in [0.25, 0.3) is 0 Å². The Balaban J connectivity index is 1.76. The molecular formula is C13H14ClNO3. The number of carbonyl (C=O) groups excluding carboxylic acids is 1. The van der Waals surface area contributed by atoms with Crippen LogP contribution in [0.3, 0.4) is 0 Å². The molecule has 1 fully saturated rings. The number of rotatable bonds is 4. The smallest absolute Gasteiger partial charge is 0.306 e. The second kappa shape index (κ2) is 5.40. The van der Waals surface area contributed by atoms with E-state index in [2.05, 4.69) is 5.32 Å². The molecule has 1 amide bonds. The Morgan fingerprint density at radius 1 is 1.28 bits per heavy atom. The van der Waals surface area contributed by atoms with Crippen LogP contribution in [0.25, 0.3) is 0 Å². The predicted molar refractivity (Wildman–Crippen MR) is 67.4 cm³/mol. The highest BCUT2D eigenvalue weighted by atomic mass is 35.5. The molecule has 0 aromatic heterocycles. The third-order valence-corrected chi connectivity index (χ3v) is 3.38. The highest BCUT2D eigenvalue weighted by Gasteiger charge is 2.35. The molecular weight excluding hydrogens is 254 g/mol. The third-order valence-electron chi connectivity index (χ3n) is 3.13. The van der Waals surface area contributed by atoms with Gasteiger partial charge in [-0.3, -0.25) is 9.59 Å². The maximum Gasteiger partial charge on any atom is 0.306 e. The van der Waals surface area contributed by atoms with Crippen LogP contribution in [0.1, 0.15) is 18.4 Å². The van der Waals surface area contributed by atoms with Gasteiger partial charge in [-0.05, 0) is 30.5 Å². The van der Waals surface area contributed by atoms with Gasteiger partial charge in [0.2, 0.25) is 5.91 Å². The van der Waals surface area contributed by atoms with Gasteiger partial charge < -0.3 is 10.4 Å². The summed E-state index contributed by atoms with van der Waals surface area (Å²) in [6, 6.07) is 7.11. The molecule has 0 aliphatic heterocycles. The van der Waals surface area contributed by atoms with Crippen molar-refractivity contribution in [1.82, 2.24) is 5.32 Å². The van der Waals surface area contributed by atoms with Gasteiger partial charge in [-0.1, -0.05) is 23.7 Å². The van der Waals surface area contributed by atoms with Gasteiger partial charge in [0, 0.05) is 11.1 Å². The van der Waals surface area contributed by atoms with Crippen molar-refractivity contribution in [3.8, 4) is 0 Å². The summed E-state index contributed by atoms with van der Waals surface area (Å²) in [5, 5.41) is 12.2. The number of hydrogen-bond acceptors (Lipinski definition) is 2. The lowest BCUT2D eigenvalue weighted by Gasteiger charge is -2.32. The summed E-state index contributed by atoms with van der Waals surface area (Å²) in [7, 11) is 0. The monoisotopic (exact) mass is 267 g/mol. The minimum Gasteiger partial charge on any atom is -0.481 e. The summed E-state index contributed by atoms with van der Waals surface area (Å²) >= 11 is 5.75. The van der Waals surface area contributed by atoms with E-state index >= 15 is 0 Å². The van der Waals surface area contributed by atoms with Crippen LogP contribution >= 0.6 is 11.6 Å². The maximum atomic E-state index is 11.7. The first-order chi connectivity index (χ1) is 8.54. The molecule has 4 nitrogen and oxygen atoms in total. The minimum atomic E-state index is -0.779. The van der Waals surface area contributed by atoms with Crippen molar-refractivity contribution in [3.63, 3.8) is 0 Å². The normalized spacial score (nSPS) is 22.1. The average molecular weight is 268 g/mol. The zero-order valence-corrected chi connectivity index (χ0v) is 10.5. The Morgan fingerprint density at radius 3 is 2.44 bits per heavy atom. The van der Waals surface area contributed by atoms with E-state index in [4.69, 9.17) is 16.7 Å². The van der Waals surface area contributed by atoms with E-state index < -0.39 is 5.97 Å². The van der Waals surface area contributed by atoms with Gasteiger partial charge >= 0.3 is 5.97 Å². The molecule has 0 radical (unpaired) electrons. The fraction of sp³-hybridized carbons (Fsp3) is 0.385. The molecule has 0 saturated heterocycles. The summed E-state index contributed by atoms with van der Waals surface area (Å²) in [5.41, 5.74) is 0.894. The first-order valence-corrected chi connectivity index (χ1v) is 6.19. The van der Waals surface area contributed by atoms with Gasteiger partial charge in [0.1, 0.15) is 0 Å². The van der Waals surface area contributed by atoms with Gasteiger partial charge in [0.15, 0.2) is 0 Å². The summed E-state index contributed by atoms with van der Waals surface area (Å²) in [6.45, 7) is 0. The van der Waals surface area contributed by atoms with E-state index in [0.29, 0.717) is 24.3 Å². The van der Waals surface area contributed by atoms with Crippen molar-refractivity contribution in [2.75, 3.05) is 0 Å². The Morgan fingerprint density at radius 2 is 1.89 bits per heavy atom. The lowest BCUT2D eigenvalue weighted by atomic mass is 9.80. The number of halogens is 1. The highest BCUT2D eigenvalue weighted by Crippen LogP contribution is 2.27. The van der Waals surface area contributed by atoms with E-state index in [9.17, 15) is 9.59 Å². The van der Waals surface area contributed by atoms with Crippen molar-refractivity contribution in [3.05, 3.63) is 34.9 Å². The molecule has 1 aliphatic carbocycles. The van der Waals surface area contributed by atoms with E-state index in [0.717, 1.165) is 5.56 Å². The van der Waals surface area contributed by atoms with Crippen LogP contribution in [0.15, 0.2) is 24.3 Å². The molecule has 5 heteroatoms. The van der Waals surface area contributed by atoms with Gasteiger partial charge in [-0.15, -0.1) is 0 Å². The molecule has 2 N–H and O–H groups in total. The van der Waals surface area contributed by atoms with Crippen LogP contribution in [0.4, 0.5) is 0 Å². The number of carbonyl (C=O) groups is 2. The van der Waals surface area contributed by atoms with Crippen LogP contribution in [0.2, 0.25) is 5.02 Å². The maximum absolute atomic E-state index is 11.7. The predicted octanol–water partition coefficient (Wildman–Crippen LogP) is 1.86. The van der Waals surface area contributed by atoms with Crippen molar-refractivity contribution < 1.29 is 14.7 Å². The zero-order chi connectivity index (χ0) is 13.1. The summed E-state index contributed by atoms with van der Waals surface area (Å²) in [6.07, 6.45) is 1.36. The Kier molecular flexibility index (Phi) is 3.87. The Hall–Kier alpha value is -1.55. The van der Waals surface area contributed by atoms with E-state index in [1.165, 1.54) is 0 Å². The Bertz CT molecular complexity index is 452. The molecule has 18 heavy (non-hydrogen) atoms. The van der Waals surface area contributed by atoms with E-state index in [1.807, 2.05) is 12.1 Å². The molecule has 0 bridgehead atoms. The number of carboxylic acid groups (broad SMARTS) is 1. The van der Waals surface area contributed by atoms with Crippen molar-refractivity contribution >= 4 is 23.5 Å². The molecule has 0 atom stereocenters. The van der Waals surface area contributed by atoms with Crippen molar-refractivity contribution in [1.29, 1.82) is 0 Å². The van der Waals surface area contributed by atoms with Crippen LogP contribution in [0.5, 0.6) is 0 Å². The van der Waals surface area contributed by atoms with Crippen LogP contribution in [-0.4, -0.2) is 23.0 Å². The standard InChI is InChI=1S/C13H14ClNO3/c14-10-3-1-8(2-4-10)5-12(16)15-11-6-9(7-11)13(17)18/h1-4,9,11H,5-7H2,(H,15,16)(H,17,18). The third kappa shape index (κ3) is 3.23. The first-order valence-electron chi connectivity index (χ1n) is 5.81. The van der Waals surface area contributed by atoms with E-state index in [-0.39, 0.29) is 17.9 Å². The molecule has 1 aromatic carbocycles. The fourth-order valence-electron chi connectivity index (χ4n) is 2.00. The summed E-state index contributed by atoms with van der Waals surface area (Å²) < 4.78 is 0. The van der Waals surface area contributed by atoms with Crippen molar-refractivity contribution in [2.45, 2.75) is 25.3 Å². The molecule has 1 aromatic rings. The number of carboxylic acids is 1.